The zero-order valence-corrected chi connectivity index (χ0v) is 9.19. The molecule has 0 bridgehead atoms. The van der Waals surface area contributed by atoms with Crippen molar-refractivity contribution in [2.75, 3.05) is 12.1 Å². The van der Waals surface area contributed by atoms with Crippen LogP contribution in [-0.4, -0.2) is 17.0 Å². The van der Waals surface area contributed by atoms with Crippen LogP contribution in [0.4, 0.5) is 5.82 Å². The highest BCUT2D eigenvalue weighted by Gasteiger charge is 2.01. The van der Waals surface area contributed by atoms with E-state index in [0.29, 0.717) is 0 Å². The molecule has 0 amide bonds. The molecule has 2 heterocycles. The van der Waals surface area contributed by atoms with Gasteiger partial charge >= 0.3 is 0 Å². The van der Waals surface area contributed by atoms with Gasteiger partial charge in [0.2, 0.25) is 0 Å². The third-order valence-corrected chi connectivity index (χ3v) is 2.28. The minimum Gasteiger partial charge on any atom is -0.298 e. The fourth-order valence-corrected chi connectivity index (χ4v) is 1.49. The number of hydrogen-bond acceptors (Lipinski definition) is 4. The molecule has 2 rings (SSSR count). The van der Waals surface area contributed by atoms with E-state index in [2.05, 4.69) is 25.9 Å². The first-order valence-electron chi connectivity index (χ1n) is 4.07. The van der Waals surface area contributed by atoms with E-state index in [9.17, 15) is 0 Å². The zero-order chi connectivity index (χ0) is 10.1. The first kappa shape index (κ1) is 9.36. The van der Waals surface area contributed by atoms with Crippen LogP contribution in [0.1, 0.15) is 0 Å². The lowest BCUT2D eigenvalue weighted by atomic mass is 10.3. The van der Waals surface area contributed by atoms with Gasteiger partial charge in [-0.1, -0.05) is 0 Å². The van der Waals surface area contributed by atoms with Crippen molar-refractivity contribution in [3.8, 4) is 0 Å². The molecule has 0 fully saturated rings. The predicted octanol–water partition coefficient (Wildman–Crippen LogP) is 1.70. The number of anilines is 1. The third kappa shape index (κ3) is 1.69. The molecule has 0 aromatic carbocycles. The Labute approximate surface area is 89.9 Å². The highest BCUT2D eigenvalue weighted by atomic mass is 79.9. The maximum atomic E-state index is 5.58. The number of nitrogens with zero attached hydrogens (tertiary/aromatic N) is 3. The van der Waals surface area contributed by atoms with Crippen molar-refractivity contribution in [3.63, 3.8) is 0 Å². The van der Waals surface area contributed by atoms with Gasteiger partial charge in [-0.25, -0.2) is 10.8 Å². The molecule has 5 heteroatoms. The van der Waals surface area contributed by atoms with E-state index in [0.717, 1.165) is 21.3 Å². The smallest absolute Gasteiger partial charge is 0.143 e. The summed E-state index contributed by atoms with van der Waals surface area (Å²) in [5.41, 5.74) is 1.69. The molecule has 72 valence electrons. The van der Waals surface area contributed by atoms with Crippen molar-refractivity contribution >= 4 is 32.8 Å². The molecule has 0 radical (unpaired) electrons. The lowest BCUT2D eigenvalue weighted by Gasteiger charge is -2.10. The van der Waals surface area contributed by atoms with Crippen molar-refractivity contribution in [3.05, 3.63) is 28.9 Å². The molecular formula is C9H9BrN4. The molecule has 0 aliphatic carbocycles. The van der Waals surface area contributed by atoms with Crippen LogP contribution in [0.3, 0.4) is 0 Å². The van der Waals surface area contributed by atoms with E-state index in [1.165, 1.54) is 5.01 Å². The maximum Gasteiger partial charge on any atom is 0.143 e. The molecule has 2 aromatic heterocycles. The van der Waals surface area contributed by atoms with Crippen molar-refractivity contribution in [2.45, 2.75) is 0 Å². The number of aromatic nitrogens is 2. The Morgan fingerprint density at radius 1 is 1.36 bits per heavy atom. The van der Waals surface area contributed by atoms with Crippen LogP contribution in [-0.2, 0) is 0 Å². The van der Waals surface area contributed by atoms with Crippen LogP contribution in [0, 0.1) is 0 Å². The molecule has 0 atom stereocenters. The van der Waals surface area contributed by atoms with Crippen LogP contribution in [0.25, 0.3) is 11.0 Å². The number of rotatable bonds is 1. The van der Waals surface area contributed by atoms with Crippen LogP contribution in [0.2, 0.25) is 0 Å². The Balaban J connectivity index is 2.63. The standard InChI is InChI=1S/C9H9BrN4/c1-14(11)9-3-2-7-8(13-9)4-6(10)5-12-7/h2-5H,11H2,1H3. The molecule has 0 aliphatic heterocycles. The molecule has 0 saturated carbocycles. The van der Waals surface area contributed by atoms with Crippen LogP contribution >= 0.6 is 15.9 Å². The Morgan fingerprint density at radius 2 is 2.14 bits per heavy atom. The number of pyridine rings is 2. The summed E-state index contributed by atoms with van der Waals surface area (Å²) in [6, 6.07) is 5.64. The lowest BCUT2D eigenvalue weighted by molar-refractivity contribution is 0.985. The minimum absolute atomic E-state index is 0.720. The number of nitrogens with two attached hydrogens (primary N) is 1. The second-order valence-electron chi connectivity index (χ2n) is 2.97. The Bertz CT molecular complexity index is 469. The van der Waals surface area contributed by atoms with Gasteiger partial charge in [-0.15, -0.1) is 0 Å². The largest absolute Gasteiger partial charge is 0.298 e. The van der Waals surface area contributed by atoms with E-state index < -0.39 is 0 Å². The monoisotopic (exact) mass is 252 g/mol. The quantitative estimate of drug-likeness (QED) is 0.620. The van der Waals surface area contributed by atoms with Crippen LogP contribution in [0.15, 0.2) is 28.9 Å². The lowest BCUT2D eigenvalue weighted by Crippen LogP contribution is -2.25. The van der Waals surface area contributed by atoms with Gasteiger partial charge in [0.15, 0.2) is 0 Å². The van der Waals surface area contributed by atoms with Gasteiger partial charge in [0.1, 0.15) is 5.82 Å². The van der Waals surface area contributed by atoms with E-state index in [4.69, 9.17) is 5.84 Å². The summed E-state index contributed by atoms with van der Waals surface area (Å²) in [5, 5.41) is 1.47. The summed E-state index contributed by atoms with van der Waals surface area (Å²) in [6.07, 6.45) is 1.75. The molecule has 14 heavy (non-hydrogen) atoms. The highest BCUT2D eigenvalue weighted by Crippen LogP contribution is 2.17. The summed E-state index contributed by atoms with van der Waals surface area (Å²) >= 11 is 3.35. The average Bonchev–Trinajstić information content (AvgIpc) is 2.16. The molecular weight excluding hydrogens is 244 g/mol. The SMILES string of the molecule is CN(N)c1ccc2ncc(Br)cc2n1. The van der Waals surface area contributed by atoms with E-state index in [1.54, 1.807) is 13.2 Å². The zero-order valence-electron chi connectivity index (χ0n) is 7.61. The molecule has 0 unspecified atom stereocenters. The summed E-state index contributed by atoms with van der Waals surface area (Å²) in [4.78, 5) is 8.56. The van der Waals surface area contributed by atoms with Crippen molar-refractivity contribution < 1.29 is 0 Å². The number of hydrazine groups is 1. The van der Waals surface area contributed by atoms with E-state index in [1.807, 2.05) is 18.2 Å². The second-order valence-corrected chi connectivity index (χ2v) is 3.89. The molecule has 0 saturated heterocycles. The van der Waals surface area contributed by atoms with Gasteiger partial charge < -0.3 is 0 Å². The fraction of sp³-hybridized carbons (Fsp3) is 0.111. The minimum atomic E-state index is 0.720. The van der Waals surface area contributed by atoms with Crippen molar-refractivity contribution in [1.82, 2.24) is 9.97 Å². The van der Waals surface area contributed by atoms with Gasteiger partial charge in [-0.2, -0.15) is 0 Å². The van der Waals surface area contributed by atoms with Crippen LogP contribution < -0.4 is 10.9 Å². The van der Waals surface area contributed by atoms with Gasteiger partial charge in [0.25, 0.3) is 0 Å². The van der Waals surface area contributed by atoms with Crippen LogP contribution in [0.5, 0.6) is 0 Å². The molecule has 0 aliphatic rings. The predicted molar refractivity (Wildman–Crippen MR) is 59.8 cm³/mol. The fourth-order valence-electron chi connectivity index (χ4n) is 1.17. The van der Waals surface area contributed by atoms with Crippen molar-refractivity contribution in [1.29, 1.82) is 0 Å². The molecule has 4 nitrogen and oxygen atoms in total. The summed E-state index contributed by atoms with van der Waals surface area (Å²) < 4.78 is 0.911. The number of hydrogen-bond donors (Lipinski definition) is 1. The Kier molecular flexibility index (Phi) is 2.35. The highest BCUT2D eigenvalue weighted by molar-refractivity contribution is 9.10. The topological polar surface area (TPSA) is 55.0 Å². The summed E-state index contributed by atoms with van der Waals surface area (Å²) in [6.45, 7) is 0. The van der Waals surface area contributed by atoms with Gasteiger partial charge in [0.05, 0.1) is 11.0 Å². The van der Waals surface area contributed by atoms with Crippen molar-refractivity contribution in [2.24, 2.45) is 5.84 Å². The van der Waals surface area contributed by atoms with Gasteiger partial charge in [0, 0.05) is 17.7 Å². The summed E-state index contributed by atoms with van der Waals surface area (Å²) in [7, 11) is 1.75. The Morgan fingerprint density at radius 3 is 2.86 bits per heavy atom. The number of halogens is 1. The molecule has 2 aromatic rings. The maximum absolute atomic E-state index is 5.58. The molecule has 2 N–H and O–H groups in total. The number of fused-ring (bicyclic) bond motifs is 1. The van der Waals surface area contributed by atoms with E-state index in [-0.39, 0.29) is 0 Å². The normalized spacial score (nSPS) is 10.5. The molecule has 0 spiro atoms. The third-order valence-electron chi connectivity index (χ3n) is 1.85. The van der Waals surface area contributed by atoms with E-state index >= 15 is 0 Å². The first-order chi connectivity index (χ1) is 6.66. The van der Waals surface area contributed by atoms with Gasteiger partial charge in [-0.05, 0) is 34.1 Å². The van der Waals surface area contributed by atoms with Gasteiger partial charge in [-0.3, -0.25) is 9.99 Å². The summed E-state index contributed by atoms with van der Waals surface area (Å²) in [5.74, 6) is 6.30. The first-order valence-corrected chi connectivity index (χ1v) is 4.87. The average molecular weight is 253 g/mol. The Hall–Kier alpha value is -1.20. The second kappa shape index (κ2) is 3.51.